The third-order valence-corrected chi connectivity index (χ3v) is 4.45. The molecule has 0 aliphatic heterocycles. The third-order valence-electron chi connectivity index (χ3n) is 4.45. The van der Waals surface area contributed by atoms with Gasteiger partial charge >= 0.3 is 12.5 Å². The lowest BCUT2D eigenvalue weighted by Gasteiger charge is -2.31. The number of anilines is 1. The monoisotopic (exact) mass is 425 g/mol. The Morgan fingerprint density at radius 3 is 2.03 bits per heavy atom. The van der Waals surface area contributed by atoms with Crippen molar-refractivity contribution in [2.45, 2.75) is 18.6 Å². The molecule has 0 saturated heterocycles. The van der Waals surface area contributed by atoms with Gasteiger partial charge in [-0.1, -0.05) is 30.3 Å². The second kappa shape index (κ2) is 8.69. The largest absolute Gasteiger partial charge is 0.461 e. The second-order valence-corrected chi connectivity index (χ2v) is 6.59. The zero-order valence-electron chi connectivity index (χ0n) is 15.7. The van der Waals surface area contributed by atoms with Crippen LogP contribution >= 0.6 is 0 Å². The highest BCUT2D eigenvalue weighted by atomic mass is 19.3. The zero-order valence-corrected chi connectivity index (χ0v) is 15.7. The van der Waals surface area contributed by atoms with Crippen LogP contribution in [0.25, 0.3) is 0 Å². The highest BCUT2D eigenvalue weighted by Crippen LogP contribution is 2.35. The predicted octanol–water partition coefficient (Wildman–Crippen LogP) is 6.43. The van der Waals surface area contributed by atoms with E-state index in [1.165, 1.54) is 24.3 Å². The molecule has 0 aromatic heterocycles. The van der Waals surface area contributed by atoms with Gasteiger partial charge in [-0.2, -0.15) is 17.6 Å². The smallest absolute Gasteiger partial charge is 0.428 e. The van der Waals surface area contributed by atoms with Crippen molar-refractivity contribution < 1.29 is 31.1 Å². The van der Waals surface area contributed by atoms with Crippen LogP contribution in [0, 0.1) is 11.6 Å². The molecule has 1 unspecified atom stereocenters. The van der Waals surface area contributed by atoms with Crippen LogP contribution in [0.5, 0.6) is 5.75 Å². The van der Waals surface area contributed by atoms with E-state index in [-0.39, 0.29) is 5.56 Å². The summed E-state index contributed by atoms with van der Waals surface area (Å²) in [5, 5.41) is 0. The standard InChI is InChI=1S/C22H17F6NO/c1-29(18-5-3-2-4-6-18)20(14-7-9-16(23)10-8-14)15-11-17(24)13-19(12-15)30-22(27,28)21(25)26/h2-13,20-21H,1H3. The summed E-state index contributed by atoms with van der Waals surface area (Å²) in [6.07, 6.45) is -8.86. The van der Waals surface area contributed by atoms with Gasteiger partial charge in [0.2, 0.25) is 0 Å². The quantitative estimate of drug-likeness (QED) is 0.405. The van der Waals surface area contributed by atoms with Gasteiger partial charge in [0.25, 0.3) is 0 Å². The van der Waals surface area contributed by atoms with E-state index in [0.717, 1.165) is 12.1 Å². The van der Waals surface area contributed by atoms with Gasteiger partial charge in [-0.05, 0) is 47.5 Å². The summed E-state index contributed by atoms with van der Waals surface area (Å²) in [5.74, 6) is -2.18. The Bertz CT molecular complexity index is 979. The molecule has 0 aliphatic rings. The maximum absolute atomic E-state index is 14.2. The fraction of sp³-hybridized carbons (Fsp3) is 0.182. The summed E-state index contributed by atoms with van der Waals surface area (Å²) in [6.45, 7) is 0. The van der Waals surface area contributed by atoms with Crippen molar-refractivity contribution in [1.29, 1.82) is 0 Å². The molecule has 3 aromatic rings. The minimum Gasteiger partial charge on any atom is -0.428 e. The van der Waals surface area contributed by atoms with Crippen molar-refractivity contribution in [1.82, 2.24) is 0 Å². The first-order chi connectivity index (χ1) is 14.2. The molecule has 8 heteroatoms. The molecule has 2 nitrogen and oxygen atoms in total. The first-order valence-electron chi connectivity index (χ1n) is 8.86. The number of rotatable bonds is 7. The molecule has 0 radical (unpaired) electrons. The number of ether oxygens (including phenoxy) is 1. The molecule has 0 bridgehead atoms. The van der Waals surface area contributed by atoms with E-state index >= 15 is 0 Å². The van der Waals surface area contributed by atoms with Crippen molar-refractivity contribution in [2.75, 3.05) is 11.9 Å². The van der Waals surface area contributed by atoms with E-state index in [1.54, 1.807) is 42.3 Å². The molecular formula is C22H17F6NO. The highest BCUT2D eigenvalue weighted by Gasteiger charge is 2.44. The highest BCUT2D eigenvalue weighted by molar-refractivity contribution is 5.52. The maximum atomic E-state index is 14.2. The van der Waals surface area contributed by atoms with Crippen LogP contribution in [-0.2, 0) is 0 Å². The van der Waals surface area contributed by atoms with E-state index < -0.39 is 36.0 Å². The van der Waals surface area contributed by atoms with Gasteiger partial charge in [-0.3, -0.25) is 0 Å². The molecule has 3 aromatic carbocycles. The number of hydrogen-bond donors (Lipinski definition) is 0. The number of nitrogens with zero attached hydrogens (tertiary/aromatic N) is 1. The van der Waals surface area contributed by atoms with Crippen LogP contribution in [-0.4, -0.2) is 19.6 Å². The van der Waals surface area contributed by atoms with Crippen LogP contribution in [0.4, 0.5) is 32.0 Å². The Balaban J connectivity index is 2.08. The molecule has 1 atom stereocenters. The summed E-state index contributed by atoms with van der Waals surface area (Å²) in [7, 11) is 1.68. The molecule has 3 rings (SSSR count). The minimum atomic E-state index is -4.78. The average Bonchev–Trinajstić information content (AvgIpc) is 2.69. The lowest BCUT2D eigenvalue weighted by molar-refractivity contribution is -0.253. The molecular weight excluding hydrogens is 408 g/mol. The molecule has 30 heavy (non-hydrogen) atoms. The fourth-order valence-corrected chi connectivity index (χ4v) is 3.10. The molecule has 0 saturated carbocycles. The van der Waals surface area contributed by atoms with Crippen molar-refractivity contribution in [3.63, 3.8) is 0 Å². The van der Waals surface area contributed by atoms with E-state index in [0.29, 0.717) is 17.3 Å². The fourth-order valence-electron chi connectivity index (χ4n) is 3.10. The number of para-hydroxylation sites is 1. The van der Waals surface area contributed by atoms with Crippen molar-refractivity contribution in [3.8, 4) is 5.75 Å². The molecule has 0 aliphatic carbocycles. The predicted molar refractivity (Wildman–Crippen MR) is 101 cm³/mol. The average molecular weight is 425 g/mol. The maximum Gasteiger partial charge on any atom is 0.461 e. The molecule has 158 valence electrons. The minimum absolute atomic E-state index is 0.160. The van der Waals surface area contributed by atoms with Gasteiger partial charge in [-0.15, -0.1) is 0 Å². The second-order valence-electron chi connectivity index (χ2n) is 6.59. The summed E-state index contributed by atoms with van der Waals surface area (Å²) >= 11 is 0. The molecule has 0 fully saturated rings. The first kappa shape index (κ1) is 21.5. The van der Waals surface area contributed by atoms with E-state index in [4.69, 9.17) is 0 Å². The van der Waals surface area contributed by atoms with Crippen LogP contribution < -0.4 is 9.64 Å². The number of benzene rings is 3. The summed E-state index contributed by atoms with van der Waals surface area (Å²) in [5.41, 5.74) is 1.39. The number of hydrogen-bond acceptors (Lipinski definition) is 2. The van der Waals surface area contributed by atoms with E-state index in [2.05, 4.69) is 4.74 Å². The Kier molecular flexibility index (Phi) is 6.24. The van der Waals surface area contributed by atoms with Crippen LogP contribution in [0.3, 0.4) is 0 Å². The summed E-state index contributed by atoms with van der Waals surface area (Å²) in [6, 6.07) is 16.3. The van der Waals surface area contributed by atoms with E-state index in [9.17, 15) is 26.3 Å². The van der Waals surface area contributed by atoms with Crippen LogP contribution in [0.15, 0.2) is 72.8 Å². The topological polar surface area (TPSA) is 12.5 Å². The van der Waals surface area contributed by atoms with E-state index in [1.807, 2.05) is 0 Å². The van der Waals surface area contributed by atoms with Gasteiger partial charge in [-0.25, -0.2) is 8.78 Å². The van der Waals surface area contributed by atoms with Gasteiger partial charge in [0.15, 0.2) is 0 Å². The first-order valence-corrected chi connectivity index (χ1v) is 8.86. The van der Waals surface area contributed by atoms with Gasteiger partial charge in [0.1, 0.15) is 17.4 Å². The summed E-state index contributed by atoms with van der Waals surface area (Å²) < 4.78 is 83.4. The molecule has 0 heterocycles. The van der Waals surface area contributed by atoms with Gasteiger partial charge in [0.05, 0.1) is 6.04 Å². The molecule has 0 N–H and O–H groups in total. The number of halogens is 6. The van der Waals surface area contributed by atoms with Crippen molar-refractivity contribution in [3.05, 3.63) is 95.6 Å². The van der Waals surface area contributed by atoms with Gasteiger partial charge in [0, 0.05) is 18.8 Å². The van der Waals surface area contributed by atoms with Gasteiger partial charge < -0.3 is 9.64 Å². The molecule has 0 spiro atoms. The van der Waals surface area contributed by atoms with Crippen molar-refractivity contribution in [2.24, 2.45) is 0 Å². The lowest BCUT2D eigenvalue weighted by Crippen LogP contribution is -2.33. The zero-order chi connectivity index (χ0) is 21.9. The number of alkyl halides is 4. The van der Waals surface area contributed by atoms with Crippen LogP contribution in [0.1, 0.15) is 17.2 Å². The lowest BCUT2D eigenvalue weighted by atomic mass is 9.96. The van der Waals surface area contributed by atoms with Crippen LogP contribution in [0.2, 0.25) is 0 Å². The Labute approximate surface area is 169 Å². The summed E-state index contributed by atoms with van der Waals surface area (Å²) in [4.78, 5) is 1.72. The normalized spacial score (nSPS) is 12.7. The Hall–Kier alpha value is -3.16. The SMILES string of the molecule is CN(c1ccccc1)C(c1ccc(F)cc1)c1cc(F)cc(OC(F)(F)C(F)F)c1. The Morgan fingerprint density at radius 2 is 1.43 bits per heavy atom. The third kappa shape index (κ3) is 4.87. The Morgan fingerprint density at radius 1 is 0.800 bits per heavy atom. The van der Waals surface area contributed by atoms with Crippen molar-refractivity contribution >= 4 is 5.69 Å². The molecule has 0 amide bonds.